The smallest absolute Gasteiger partial charge is 0.280 e. The van der Waals surface area contributed by atoms with E-state index in [0.29, 0.717) is 16.9 Å². The first kappa shape index (κ1) is 11.1. The second-order valence-electron chi connectivity index (χ2n) is 3.55. The Labute approximate surface area is 96.4 Å². The summed E-state index contributed by atoms with van der Waals surface area (Å²) in [5.41, 5.74) is 1.31. The third-order valence-corrected chi connectivity index (χ3v) is 2.41. The molecule has 3 N–H and O–H groups in total. The molecule has 1 heterocycles. The summed E-state index contributed by atoms with van der Waals surface area (Å²) in [6, 6.07) is 5.59. The van der Waals surface area contributed by atoms with Gasteiger partial charge in [-0.15, -0.1) is 0 Å². The first-order valence-electron chi connectivity index (χ1n) is 4.94. The lowest BCUT2D eigenvalue weighted by atomic mass is 10.3. The van der Waals surface area contributed by atoms with E-state index >= 15 is 0 Å². The topological polar surface area (TPSA) is 76.2 Å². The average Bonchev–Trinajstić information content (AvgIpc) is 2.59. The minimum Gasteiger partial charge on any atom is -0.323 e. The summed E-state index contributed by atoms with van der Waals surface area (Å²) in [7, 11) is 0. The Morgan fingerprint density at radius 2 is 2.06 bits per heavy atom. The van der Waals surface area contributed by atoms with Gasteiger partial charge in [-0.3, -0.25) is 9.89 Å². The third kappa shape index (κ3) is 1.96. The zero-order valence-electron chi connectivity index (χ0n) is 9.14. The monoisotopic (exact) mass is 234 g/mol. The molecular weight excluding hydrogens is 223 g/mol. The van der Waals surface area contributed by atoms with Gasteiger partial charge in [0.15, 0.2) is 0 Å². The second kappa shape index (κ2) is 4.25. The van der Waals surface area contributed by atoms with Crippen molar-refractivity contribution in [2.24, 2.45) is 10.9 Å². The molecule has 0 fully saturated rings. The Bertz CT molecular complexity index is 609. The van der Waals surface area contributed by atoms with Crippen molar-refractivity contribution < 1.29 is 4.39 Å². The maximum Gasteiger partial charge on any atom is 0.280 e. The molecule has 17 heavy (non-hydrogen) atoms. The standard InChI is InChI=1S/C11H11FN4O/c1-7-10(6-14-13)11(17)16(15-7)9-4-2-8(12)3-5-9/h2-6,15H,13H2,1H3. The van der Waals surface area contributed by atoms with Crippen LogP contribution >= 0.6 is 0 Å². The van der Waals surface area contributed by atoms with E-state index in [1.54, 1.807) is 6.92 Å². The fraction of sp³-hybridized carbons (Fsp3) is 0.0909. The van der Waals surface area contributed by atoms with E-state index in [1.165, 1.54) is 35.2 Å². The highest BCUT2D eigenvalue weighted by Gasteiger charge is 2.10. The van der Waals surface area contributed by atoms with Crippen LogP contribution in [0.2, 0.25) is 0 Å². The predicted octanol–water partition coefficient (Wildman–Crippen LogP) is 0.906. The van der Waals surface area contributed by atoms with Crippen LogP contribution in [0.4, 0.5) is 4.39 Å². The van der Waals surface area contributed by atoms with Gasteiger partial charge in [0.2, 0.25) is 0 Å². The number of H-pyrrole nitrogens is 1. The minimum absolute atomic E-state index is 0.275. The van der Waals surface area contributed by atoms with Crippen molar-refractivity contribution in [1.29, 1.82) is 0 Å². The van der Waals surface area contributed by atoms with E-state index in [2.05, 4.69) is 10.2 Å². The van der Waals surface area contributed by atoms with Gasteiger partial charge in [-0.1, -0.05) is 0 Å². The van der Waals surface area contributed by atoms with Gasteiger partial charge in [0, 0.05) is 5.69 Å². The lowest BCUT2D eigenvalue weighted by Gasteiger charge is -2.00. The molecular formula is C11H11FN4O. The Morgan fingerprint density at radius 1 is 1.41 bits per heavy atom. The van der Waals surface area contributed by atoms with Gasteiger partial charge in [0.1, 0.15) is 5.82 Å². The molecule has 0 saturated carbocycles. The van der Waals surface area contributed by atoms with Gasteiger partial charge >= 0.3 is 0 Å². The van der Waals surface area contributed by atoms with E-state index in [9.17, 15) is 9.18 Å². The van der Waals surface area contributed by atoms with Gasteiger partial charge in [-0.25, -0.2) is 9.07 Å². The maximum atomic E-state index is 12.8. The molecule has 0 unspecified atom stereocenters. The number of hydrogen-bond acceptors (Lipinski definition) is 3. The molecule has 0 amide bonds. The largest absolute Gasteiger partial charge is 0.323 e. The molecule has 0 bridgehead atoms. The quantitative estimate of drug-likeness (QED) is 0.460. The number of aryl methyl sites for hydroxylation is 1. The minimum atomic E-state index is -0.353. The van der Waals surface area contributed by atoms with Crippen molar-refractivity contribution in [3.8, 4) is 5.69 Å². The number of halogens is 1. The zero-order valence-corrected chi connectivity index (χ0v) is 9.14. The fourth-order valence-corrected chi connectivity index (χ4v) is 1.56. The van der Waals surface area contributed by atoms with Crippen LogP contribution in [-0.2, 0) is 0 Å². The molecule has 1 aromatic carbocycles. The van der Waals surface area contributed by atoms with Crippen molar-refractivity contribution in [1.82, 2.24) is 9.78 Å². The van der Waals surface area contributed by atoms with Crippen LogP contribution in [0.1, 0.15) is 11.3 Å². The van der Waals surface area contributed by atoms with Crippen molar-refractivity contribution in [2.75, 3.05) is 0 Å². The van der Waals surface area contributed by atoms with Crippen molar-refractivity contribution in [3.05, 3.63) is 51.7 Å². The number of hydrazone groups is 1. The predicted molar refractivity (Wildman–Crippen MR) is 62.9 cm³/mol. The van der Waals surface area contributed by atoms with Crippen LogP contribution in [0.5, 0.6) is 0 Å². The zero-order chi connectivity index (χ0) is 12.4. The van der Waals surface area contributed by atoms with Crippen LogP contribution in [0, 0.1) is 12.7 Å². The molecule has 2 aromatic rings. The fourth-order valence-electron chi connectivity index (χ4n) is 1.56. The molecule has 0 saturated heterocycles. The summed E-state index contributed by atoms with van der Waals surface area (Å²) >= 11 is 0. The second-order valence-corrected chi connectivity index (χ2v) is 3.55. The van der Waals surface area contributed by atoms with Crippen molar-refractivity contribution >= 4 is 6.21 Å². The lowest BCUT2D eigenvalue weighted by Crippen LogP contribution is -2.17. The van der Waals surface area contributed by atoms with Gasteiger partial charge in [0.25, 0.3) is 5.56 Å². The van der Waals surface area contributed by atoms with E-state index in [4.69, 9.17) is 5.84 Å². The van der Waals surface area contributed by atoms with E-state index in [-0.39, 0.29) is 11.4 Å². The first-order valence-corrected chi connectivity index (χ1v) is 4.94. The van der Waals surface area contributed by atoms with E-state index in [1.807, 2.05) is 0 Å². The molecule has 0 atom stereocenters. The molecule has 88 valence electrons. The highest BCUT2D eigenvalue weighted by atomic mass is 19.1. The van der Waals surface area contributed by atoms with Gasteiger partial charge in [-0.2, -0.15) is 5.10 Å². The summed E-state index contributed by atoms with van der Waals surface area (Å²) in [4.78, 5) is 12.0. The Morgan fingerprint density at radius 3 is 2.65 bits per heavy atom. The summed E-state index contributed by atoms with van der Waals surface area (Å²) in [5.74, 6) is 4.67. The molecule has 5 nitrogen and oxygen atoms in total. The van der Waals surface area contributed by atoms with Crippen LogP contribution < -0.4 is 11.4 Å². The number of nitrogens with zero attached hydrogens (tertiary/aromatic N) is 2. The molecule has 6 heteroatoms. The summed E-state index contributed by atoms with van der Waals surface area (Å²) in [6.45, 7) is 1.73. The molecule has 0 aliphatic heterocycles. The Kier molecular flexibility index (Phi) is 2.78. The number of nitrogens with one attached hydrogen (secondary N) is 1. The van der Waals surface area contributed by atoms with Crippen molar-refractivity contribution in [2.45, 2.75) is 6.92 Å². The Hall–Kier alpha value is -2.37. The van der Waals surface area contributed by atoms with Crippen LogP contribution in [0.25, 0.3) is 5.69 Å². The normalized spacial score (nSPS) is 11.2. The average molecular weight is 234 g/mol. The summed E-state index contributed by atoms with van der Waals surface area (Å²) < 4.78 is 14.1. The first-order chi connectivity index (χ1) is 8.13. The van der Waals surface area contributed by atoms with Gasteiger partial charge < -0.3 is 5.84 Å². The molecule has 0 spiro atoms. The number of aromatic nitrogens is 2. The third-order valence-electron chi connectivity index (χ3n) is 2.41. The van der Waals surface area contributed by atoms with Crippen LogP contribution in [-0.4, -0.2) is 16.0 Å². The van der Waals surface area contributed by atoms with Crippen LogP contribution in [0.15, 0.2) is 34.2 Å². The van der Waals surface area contributed by atoms with Gasteiger partial charge in [0.05, 0.1) is 17.5 Å². The van der Waals surface area contributed by atoms with Crippen molar-refractivity contribution in [3.63, 3.8) is 0 Å². The number of aromatic amines is 1. The Balaban J connectivity index is 2.57. The molecule has 0 radical (unpaired) electrons. The highest BCUT2D eigenvalue weighted by Crippen LogP contribution is 2.07. The molecule has 0 aliphatic carbocycles. The van der Waals surface area contributed by atoms with E-state index < -0.39 is 0 Å². The number of hydrogen-bond donors (Lipinski definition) is 2. The summed E-state index contributed by atoms with van der Waals surface area (Å²) in [5, 5.41) is 6.20. The molecule has 1 aromatic heterocycles. The summed E-state index contributed by atoms with van der Waals surface area (Å²) in [6.07, 6.45) is 1.29. The SMILES string of the molecule is Cc1[nH]n(-c2ccc(F)cc2)c(=O)c1C=NN. The molecule has 0 aliphatic rings. The van der Waals surface area contributed by atoms with E-state index in [0.717, 1.165) is 0 Å². The molecule has 2 rings (SSSR count). The maximum absolute atomic E-state index is 12.8. The highest BCUT2D eigenvalue weighted by molar-refractivity contribution is 5.80. The lowest BCUT2D eigenvalue weighted by molar-refractivity contribution is 0.627. The van der Waals surface area contributed by atoms with Gasteiger partial charge in [-0.05, 0) is 31.2 Å². The number of benzene rings is 1. The number of rotatable bonds is 2. The number of nitrogens with two attached hydrogens (primary N) is 1. The van der Waals surface area contributed by atoms with Crippen LogP contribution in [0.3, 0.4) is 0 Å².